The normalized spacial score (nSPS) is 11.8. The third-order valence-electron chi connectivity index (χ3n) is 3.62. The Morgan fingerprint density at radius 3 is 2.38 bits per heavy atom. The molecular weight excluding hydrogens is 347 g/mol. The third-order valence-corrected chi connectivity index (χ3v) is 4.36. The van der Waals surface area contributed by atoms with Gasteiger partial charge in [0.15, 0.2) is 5.78 Å². The molecule has 0 bridgehead atoms. The van der Waals surface area contributed by atoms with Crippen molar-refractivity contribution in [1.29, 1.82) is 0 Å². The van der Waals surface area contributed by atoms with Crippen LogP contribution in [0.25, 0.3) is 0 Å². The second-order valence-electron chi connectivity index (χ2n) is 5.39. The van der Waals surface area contributed by atoms with Gasteiger partial charge in [-0.25, -0.2) is 0 Å². The lowest BCUT2D eigenvalue weighted by atomic mass is 9.92. The summed E-state index contributed by atoms with van der Waals surface area (Å²) in [5.41, 5.74) is 1.42. The molecule has 0 fully saturated rings. The molecule has 0 N–H and O–H groups in total. The van der Waals surface area contributed by atoms with Crippen LogP contribution in [0.3, 0.4) is 0 Å². The van der Waals surface area contributed by atoms with E-state index in [0.717, 1.165) is 5.56 Å². The maximum Gasteiger partial charge on any atom is 0.309 e. The van der Waals surface area contributed by atoms with Gasteiger partial charge in [0, 0.05) is 12.0 Å². The van der Waals surface area contributed by atoms with Crippen molar-refractivity contribution >= 4 is 35.0 Å². The molecule has 2 aromatic carbocycles. The van der Waals surface area contributed by atoms with Crippen LogP contribution in [0, 0.1) is 5.92 Å². The van der Waals surface area contributed by atoms with E-state index < -0.39 is 5.92 Å². The lowest BCUT2D eigenvalue weighted by Crippen LogP contribution is -2.23. The highest BCUT2D eigenvalue weighted by Gasteiger charge is 2.24. The first-order valence-electron chi connectivity index (χ1n) is 7.70. The minimum Gasteiger partial charge on any atom is -0.466 e. The first-order valence-corrected chi connectivity index (χ1v) is 8.45. The van der Waals surface area contributed by atoms with Gasteiger partial charge in [-0.3, -0.25) is 9.59 Å². The summed E-state index contributed by atoms with van der Waals surface area (Å²) in [6.07, 6.45) is 0.512. The maximum absolute atomic E-state index is 12.5. The maximum atomic E-state index is 12.5. The molecule has 0 spiro atoms. The Labute approximate surface area is 151 Å². The second-order valence-corrected chi connectivity index (χ2v) is 6.21. The molecule has 2 aromatic rings. The number of carbonyl (C=O) groups excluding carboxylic acids is 2. The molecule has 0 unspecified atom stereocenters. The largest absolute Gasteiger partial charge is 0.466 e. The second kappa shape index (κ2) is 8.86. The van der Waals surface area contributed by atoms with Crippen molar-refractivity contribution in [1.82, 2.24) is 0 Å². The van der Waals surface area contributed by atoms with Crippen molar-refractivity contribution in [2.24, 2.45) is 5.92 Å². The van der Waals surface area contributed by atoms with Crippen LogP contribution in [0.2, 0.25) is 10.0 Å². The van der Waals surface area contributed by atoms with Gasteiger partial charge in [0.25, 0.3) is 0 Å². The van der Waals surface area contributed by atoms with E-state index in [1.54, 1.807) is 19.1 Å². The van der Waals surface area contributed by atoms with Gasteiger partial charge in [0.2, 0.25) is 0 Å². The molecule has 0 amide bonds. The third kappa shape index (κ3) is 5.08. The molecule has 2 rings (SSSR count). The van der Waals surface area contributed by atoms with E-state index in [9.17, 15) is 9.59 Å². The average Bonchev–Trinajstić information content (AvgIpc) is 2.57. The van der Waals surface area contributed by atoms with Crippen LogP contribution in [0.15, 0.2) is 48.5 Å². The number of hydrogen-bond donors (Lipinski definition) is 0. The van der Waals surface area contributed by atoms with Crippen LogP contribution >= 0.6 is 23.2 Å². The highest BCUT2D eigenvalue weighted by molar-refractivity contribution is 6.42. The minimum absolute atomic E-state index is 0.0612. The van der Waals surface area contributed by atoms with E-state index in [-0.39, 0.29) is 24.8 Å². The predicted octanol–water partition coefficient (Wildman–Crippen LogP) is 4.99. The van der Waals surface area contributed by atoms with Crippen LogP contribution in [0.4, 0.5) is 0 Å². The van der Waals surface area contributed by atoms with Gasteiger partial charge in [0.1, 0.15) is 0 Å². The molecule has 0 radical (unpaired) electrons. The lowest BCUT2D eigenvalue weighted by molar-refractivity contribution is -0.147. The molecule has 0 aromatic heterocycles. The Balaban J connectivity index is 2.15. The fraction of sp³-hybridized carbons (Fsp3) is 0.263. The highest BCUT2D eigenvalue weighted by Crippen LogP contribution is 2.24. The lowest BCUT2D eigenvalue weighted by Gasteiger charge is -2.15. The Kier molecular flexibility index (Phi) is 6.83. The van der Waals surface area contributed by atoms with Gasteiger partial charge in [-0.1, -0.05) is 53.5 Å². The summed E-state index contributed by atoms with van der Waals surface area (Å²) >= 11 is 11.8. The molecular formula is C19H18Cl2O3. The Morgan fingerprint density at radius 1 is 1.04 bits per heavy atom. The van der Waals surface area contributed by atoms with Crippen molar-refractivity contribution in [3.63, 3.8) is 0 Å². The Hall–Kier alpha value is -1.84. The van der Waals surface area contributed by atoms with E-state index >= 15 is 0 Å². The summed E-state index contributed by atoms with van der Waals surface area (Å²) in [7, 11) is 0. The van der Waals surface area contributed by atoms with E-state index in [1.807, 2.05) is 30.3 Å². The molecule has 5 heteroatoms. The number of esters is 1. The summed E-state index contributed by atoms with van der Waals surface area (Å²) in [4.78, 5) is 24.7. The zero-order valence-corrected chi connectivity index (χ0v) is 14.8. The minimum atomic E-state index is -0.533. The Morgan fingerprint density at radius 2 is 1.75 bits per heavy atom. The first-order chi connectivity index (χ1) is 11.5. The molecule has 0 heterocycles. The van der Waals surface area contributed by atoms with Crippen molar-refractivity contribution < 1.29 is 14.3 Å². The van der Waals surface area contributed by atoms with Gasteiger partial charge in [-0.2, -0.15) is 0 Å². The van der Waals surface area contributed by atoms with Crippen molar-refractivity contribution in [3.05, 3.63) is 69.7 Å². The number of Topliss-reactive ketones (excluding diaryl/α,β-unsaturated/α-hetero) is 1. The fourth-order valence-electron chi connectivity index (χ4n) is 2.41. The van der Waals surface area contributed by atoms with Crippen LogP contribution in [0.5, 0.6) is 0 Å². The number of rotatable bonds is 7. The van der Waals surface area contributed by atoms with E-state index in [4.69, 9.17) is 27.9 Å². The van der Waals surface area contributed by atoms with Crippen molar-refractivity contribution in [2.45, 2.75) is 19.8 Å². The molecule has 0 saturated carbocycles. The molecule has 0 aliphatic rings. The van der Waals surface area contributed by atoms with E-state index in [2.05, 4.69) is 0 Å². The van der Waals surface area contributed by atoms with Crippen LogP contribution in [-0.2, 0) is 16.0 Å². The summed E-state index contributed by atoms with van der Waals surface area (Å²) in [6, 6.07) is 14.3. The molecule has 3 nitrogen and oxygen atoms in total. The monoisotopic (exact) mass is 364 g/mol. The van der Waals surface area contributed by atoms with Gasteiger partial charge in [-0.15, -0.1) is 0 Å². The topological polar surface area (TPSA) is 43.4 Å². The van der Waals surface area contributed by atoms with Gasteiger partial charge in [0.05, 0.1) is 22.6 Å². The number of benzene rings is 2. The number of halogens is 2. The van der Waals surface area contributed by atoms with Crippen LogP contribution < -0.4 is 0 Å². The number of hydrogen-bond acceptors (Lipinski definition) is 3. The summed E-state index contributed by atoms with van der Waals surface area (Å²) < 4.78 is 5.12. The number of ketones is 1. The molecule has 0 saturated heterocycles. The number of ether oxygens (including phenoxy) is 1. The molecule has 0 aliphatic carbocycles. The van der Waals surface area contributed by atoms with Crippen molar-refractivity contribution in [2.75, 3.05) is 6.61 Å². The predicted molar refractivity (Wildman–Crippen MR) is 95.7 cm³/mol. The van der Waals surface area contributed by atoms with Gasteiger partial charge >= 0.3 is 5.97 Å². The highest BCUT2D eigenvalue weighted by atomic mass is 35.5. The standard InChI is InChI=1S/C19H18Cl2O3/c1-2-24-19(23)15(10-13-6-4-3-5-7-13)12-18(22)14-8-9-16(20)17(21)11-14/h3-9,11,15H,2,10,12H2,1H3/t15-/m0/s1. The number of carbonyl (C=O) groups is 2. The first kappa shape index (κ1) is 18.5. The van der Waals surface area contributed by atoms with Gasteiger partial charge in [-0.05, 0) is 37.1 Å². The van der Waals surface area contributed by atoms with E-state index in [1.165, 1.54) is 6.07 Å². The molecule has 126 valence electrons. The van der Waals surface area contributed by atoms with Crippen LogP contribution in [-0.4, -0.2) is 18.4 Å². The fourth-order valence-corrected chi connectivity index (χ4v) is 2.71. The molecule has 24 heavy (non-hydrogen) atoms. The quantitative estimate of drug-likeness (QED) is 0.513. The summed E-state index contributed by atoms with van der Waals surface area (Å²) in [5, 5.41) is 0.706. The average molecular weight is 365 g/mol. The molecule has 0 aliphatic heterocycles. The Bertz CT molecular complexity index is 714. The molecule has 1 atom stereocenters. The van der Waals surface area contributed by atoms with Crippen LogP contribution in [0.1, 0.15) is 29.3 Å². The SMILES string of the molecule is CCOC(=O)[C@H](CC(=O)c1ccc(Cl)c(Cl)c1)Cc1ccccc1. The van der Waals surface area contributed by atoms with E-state index in [0.29, 0.717) is 22.0 Å². The smallest absolute Gasteiger partial charge is 0.309 e. The van der Waals surface area contributed by atoms with Crippen molar-refractivity contribution in [3.8, 4) is 0 Å². The summed E-state index contributed by atoms with van der Waals surface area (Å²) in [5.74, 6) is -1.06. The van der Waals surface area contributed by atoms with Gasteiger partial charge < -0.3 is 4.74 Å². The zero-order valence-electron chi connectivity index (χ0n) is 13.3. The zero-order chi connectivity index (χ0) is 17.5. The summed E-state index contributed by atoms with van der Waals surface area (Å²) in [6.45, 7) is 2.03.